The van der Waals surface area contributed by atoms with Gasteiger partial charge in [0.05, 0.1) is 5.69 Å². The van der Waals surface area contributed by atoms with Gasteiger partial charge in [0.1, 0.15) is 11.4 Å². The van der Waals surface area contributed by atoms with Gasteiger partial charge in [0.2, 0.25) is 0 Å². The summed E-state index contributed by atoms with van der Waals surface area (Å²) >= 11 is 6.15. The minimum atomic E-state index is -0.598. The lowest BCUT2D eigenvalue weighted by molar-refractivity contribution is 0.0582. The molecule has 1 amide bonds. The van der Waals surface area contributed by atoms with Crippen LogP contribution < -0.4 is 10.6 Å². The molecule has 0 saturated carbocycles. The number of phenols is 1. The first-order chi connectivity index (χ1) is 11.2. The number of benzene rings is 2. The van der Waals surface area contributed by atoms with Crippen LogP contribution in [0.2, 0.25) is 0 Å². The molecule has 0 fully saturated rings. The maximum atomic E-state index is 12.6. The number of carbonyl (C=O) groups is 1. The minimum Gasteiger partial charge on any atom is -0.507 e. The molecule has 1 aliphatic rings. The number of nitrogen functional groups attached to an aromatic ring is 1. The number of ether oxygens (including phenoxy) is 1. The lowest BCUT2D eigenvalue weighted by atomic mass is 9.94. The summed E-state index contributed by atoms with van der Waals surface area (Å²) in [5, 5.41) is 11.8. The van der Waals surface area contributed by atoms with Crippen LogP contribution in [0.25, 0.3) is 10.8 Å². The van der Waals surface area contributed by atoms with E-state index in [4.69, 9.17) is 22.1 Å². The molecule has 0 saturated heterocycles. The van der Waals surface area contributed by atoms with Crippen LogP contribution in [0.3, 0.4) is 0 Å². The smallest absolute Gasteiger partial charge is 0.414 e. The zero-order chi connectivity index (χ0) is 17.6. The Bertz CT molecular complexity index is 814. The van der Waals surface area contributed by atoms with Gasteiger partial charge in [-0.05, 0) is 37.8 Å². The lowest BCUT2D eigenvalue weighted by Crippen LogP contribution is -2.36. The Morgan fingerprint density at radius 3 is 2.79 bits per heavy atom. The molecule has 2 aromatic rings. The molecule has 0 radical (unpaired) electrons. The molecule has 2 aromatic carbocycles. The average Bonchev–Trinajstić information content (AvgIpc) is 2.84. The molecule has 24 heavy (non-hydrogen) atoms. The fourth-order valence-corrected chi connectivity index (χ4v) is 3.43. The van der Waals surface area contributed by atoms with E-state index in [1.807, 2.05) is 32.9 Å². The molecular formula is C18H21ClN2O3. The van der Waals surface area contributed by atoms with E-state index in [-0.39, 0.29) is 11.7 Å². The summed E-state index contributed by atoms with van der Waals surface area (Å²) in [4.78, 5) is 14.1. The van der Waals surface area contributed by atoms with E-state index in [9.17, 15) is 9.90 Å². The molecule has 128 valence electrons. The summed E-state index contributed by atoms with van der Waals surface area (Å²) in [5.74, 6) is 0.366. The number of halogens is 1. The van der Waals surface area contributed by atoms with Crippen molar-refractivity contribution in [3.63, 3.8) is 0 Å². The number of nitrogens with zero attached hydrogens (tertiary/aromatic N) is 1. The third-order valence-corrected chi connectivity index (χ3v) is 4.47. The number of amides is 1. The Kier molecular flexibility index (Phi) is 4.00. The van der Waals surface area contributed by atoms with Crippen molar-refractivity contribution in [2.45, 2.75) is 32.3 Å². The van der Waals surface area contributed by atoms with Crippen LogP contribution in [0.5, 0.6) is 5.75 Å². The zero-order valence-electron chi connectivity index (χ0n) is 14.0. The predicted molar refractivity (Wildman–Crippen MR) is 97.1 cm³/mol. The minimum absolute atomic E-state index is 0.0425. The van der Waals surface area contributed by atoms with Crippen LogP contribution in [0.4, 0.5) is 16.2 Å². The van der Waals surface area contributed by atoms with Crippen molar-refractivity contribution >= 4 is 39.8 Å². The number of alkyl halides is 1. The van der Waals surface area contributed by atoms with E-state index >= 15 is 0 Å². The predicted octanol–water partition coefficient (Wildman–Crippen LogP) is 4.21. The largest absolute Gasteiger partial charge is 0.507 e. The van der Waals surface area contributed by atoms with Gasteiger partial charge in [0, 0.05) is 35.5 Å². The Morgan fingerprint density at radius 2 is 2.17 bits per heavy atom. The SMILES string of the molecule is CC(C)(C)OC(=O)N1CC(CCl)c2c1cc(O)c1c(N)cccc21. The Hall–Kier alpha value is -2.14. The number of carbonyl (C=O) groups excluding carboxylic acids is 1. The van der Waals surface area contributed by atoms with Gasteiger partial charge >= 0.3 is 6.09 Å². The molecule has 3 rings (SSSR count). The normalized spacial score (nSPS) is 17.2. The Balaban J connectivity index is 2.17. The van der Waals surface area contributed by atoms with Crippen molar-refractivity contribution in [2.75, 3.05) is 23.1 Å². The van der Waals surface area contributed by atoms with Crippen molar-refractivity contribution < 1.29 is 14.6 Å². The van der Waals surface area contributed by atoms with Crippen molar-refractivity contribution in [3.8, 4) is 5.75 Å². The Morgan fingerprint density at radius 1 is 1.46 bits per heavy atom. The standard InChI is InChI=1S/C18H21ClN2O3/c1-18(2,3)24-17(23)21-9-10(8-19)15-11-5-4-6-12(20)16(11)14(22)7-13(15)21/h4-7,10,22H,8-9,20H2,1-3H3. The molecule has 1 atom stereocenters. The maximum Gasteiger partial charge on any atom is 0.414 e. The van der Waals surface area contributed by atoms with Crippen LogP contribution in [0.1, 0.15) is 32.3 Å². The van der Waals surface area contributed by atoms with E-state index in [1.165, 1.54) is 4.90 Å². The third-order valence-electron chi connectivity index (χ3n) is 4.09. The van der Waals surface area contributed by atoms with Crippen LogP contribution in [-0.4, -0.2) is 29.2 Å². The van der Waals surface area contributed by atoms with E-state index in [0.717, 1.165) is 10.9 Å². The number of hydrogen-bond donors (Lipinski definition) is 2. The van der Waals surface area contributed by atoms with Gasteiger partial charge in [-0.15, -0.1) is 11.6 Å². The summed E-state index contributed by atoms with van der Waals surface area (Å²) in [6.07, 6.45) is -0.445. The summed E-state index contributed by atoms with van der Waals surface area (Å²) in [7, 11) is 0. The van der Waals surface area contributed by atoms with Gasteiger partial charge in [-0.3, -0.25) is 4.90 Å². The molecule has 0 bridgehead atoms. The van der Waals surface area contributed by atoms with Crippen LogP contribution in [-0.2, 0) is 4.74 Å². The van der Waals surface area contributed by atoms with Crippen molar-refractivity contribution in [1.82, 2.24) is 0 Å². The zero-order valence-corrected chi connectivity index (χ0v) is 14.7. The van der Waals surface area contributed by atoms with Crippen molar-refractivity contribution in [1.29, 1.82) is 0 Å². The molecular weight excluding hydrogens is 328 g/mol. The summed E-state index contributed by atoms with van der Waals surface area (Å²) < 4.78 is 5.48. The van der Waals surface area contributed by atoms with Gasteiger partial charge in [-0.25, -0.2) is 4.79 Å². The van der Waals surface area contributed by atoms with E-state index < -0.39 is 11.7 Å². The monoisotopic (exact) mass is 348 g/mol. The summed E-state index contributed by atoms with van der Waals surface area (Å²) in [5.41, 5.74) is 7.47. The third kappa shape index (κ3) is 2.73. The molecule has 0 aromatic heterocycles. The van der Waals surface area contributed by atoms with E-state index in [1.54, 1.807) is 12.1 Å². The van der Waals surface area contributed by atoms with E-state index in [0.29, 0.717) is 29.2 Å². The number of nitrogens with two attached hydrogens (primary N) is 1. The van der Waals surface area contributed by atoms with Gasteiger partial charge < -0.3 is 15.6 Å². The van der Waals surface area contributed by atoms with E-state index in [2.05, 4.69) is 0 Å². The lowest BCUT2D eigenvalue weighted by Gasteiger charge is -2.25. The number of fused-ring (bicyclic) bond motifs is 3. The summed E-state index contributed by atoms with van der Waals surface area (Å²) in [6.45, 7) is 5.87. The number of rotatable bonds is 1. The molecule has 6 heteroatoms. The second-order valence-electron chi connectivity index (χ2n) is 7.04. The van der Waals surface area contributed by atoms with Crippen LogP contribution >= 0.6 is 11.6 Å². The number of hydrogen-bond acceptors (Lipinski definition) is 4. The average molecular weight is 349 g/mol. The van der Waals surface area contributed by atoms with Crippen molar-refractivity contribution in [2.24, 2.45) is 0 Å². The highest BCUT2D eigenvalue weighted by Crippen LogP contribution is 2.46. The fourth-order valence-electron chi connectivity index (χ4n) is 3.18. The number of phenolic OH excluding ortho intramolecular Hbond substituents is 1. The first-order valence-electron chi connectivity index (χ1n) is 7.83. The molecule has 0 aliphatic carbocycles. The molecule has 1 heterocycles. The van der Waals surface area contributed by atoms with Gasteiger partial charge in [-0.1, -0.05) is 12.1 Å². The molecule has 5 nitrogen and oxygen atoms in total. The maximum absolute atomic E-state index is 12.6. The first kappa shape index (κ1) is 16.7. The number of aromatic hydroxyl groups is 1. The highest BCUT2D eigenvalue weighted by Gasteiger charge is 2.36. The van der Waals surface area contributed by atoms with Gasteiger partial charge in [0.25, 0.3) is 0 Å². The molecule has 1 aliphatic heterocycles. The van der Waals surface area contributed by atoms with Gasteiger partial charge in [0.15, 0.2) is 0 Å². The quantitative estimate of drug-likeness (QED) is 0.598. The second kappa shape index (κ2) is 5.74. The molecule has 3 N–H and O–H groups in total. The number of anilines is 2. The highest BCUT2D eigenvalue weighted by atomic mass is 35.5. The molecule has 0 spiro atoms. The topological polar surface area (TPSA) is 75.8 Å². The molecule has 1 unspecified atom stereocenters. The first-order valence-corrected chi connectivity index (χ1v) is 8.37. The summed E-state index contributed by atoms with van der Waals surface area (Å²) in [6, 6.07) is 7.04. The van der Waals surface area contributed by atoms with Crippen LogP contribution in [0, 0.1) is 0 Å². The van der Waals surface area contributed by atoms with Gasteiger partial charge in [-0.2, -0.15) is 0 Å². The van der Waals surface area contributed by atoms with Crippen molar-refractivity contribution in [3.05, 3.63) is 29.8 Å². The highest BCUT2D eigenvalue weighted by molar-refractivity contribution is 6.19. The Labute approximate surface area is 145 Å². The second-order valence-corrected chi connectivity index (χ2v) is 7.35. The fraction of sp³-hybridized carbons (Fsp3) is 0.389. The van der Waals surface area contributed by atoms with Crippen LogP contribution in [0.15, 0.2) is 24.3 Å².